The van der Waals surface area contributed by atoms with Crippen molar-refractivity contribution in [2.75, 3.05) is 0 Å². The Balaban J connectivity index is 2.44. The van der Waals surface area contributed by atoms with Gasteiger partial charge < -0.3 is 0 Å². The molecule has 0 radical (unpaired) electrons. The van der Waals surface area contributed by atoms with Crippen LogP contribution in [0.15, 0.2) is 54.6 Å². The molecule has 0 bridgehead atoms. The second-order valence-corrected chi connectivity index (χ2v) is 5.42. The molecule has 5 heteroatoms. The summed E-state index contributed by atoms with van der Waals surface area (Å²) in [5.74, 6) is 4.51. The summed E-state index contributed by atoms with van der Waals surface area (Å²) in [6.45, 7) is 0. The van der Waals surface area contributed by atoms with Gasteiger partial charge in [-0.3, -0.25) is 0 Å². The molecule has 0 saturated heterocycles. The number of hydrogen-bond donors (Lipinski definition) is 1. The summed E-state index contributed by atoms with van der Waals surface area (Å²) in [4.78, 5) is 0. The summed E-state index contributed by atoms with van der Waals surface area (Å²) < 4.78 is 26.8. The Labute approximate surface area is 106 Å². The average molecular weight is 263 g/mol. The monoisotopic (exact) mass is 263 g/mol. The highest BCUT2D eigenvalue weighted by atomic mass is 32.2. The van der Waals surface area contributed by atoms with Gasteiger partial charge in [0.1, 0.15) is 5.75 Å². The van der Waals surface area contributed by atoms with Crippen molar-refractivity contribution in [1.82, 2.24) is 0 Å². The van der Waals surface area contributed by atoms with E-state index in [1.54, 1.807) is 12.1 Å². The Morgan fingerprint density at radius 1 is 0.944 bits per heavy atom. The predicted molar refractivity (Wildman–Crippen MR) is 69.8 cm³/mol. The molecule has 0 saturated carbocycles. The summed E-state index contributed by atoms with van der Waals surface area (Å²) in [6.07, 6.45) is 0. The van der Waals surface area contributed by atoms with E-state index in [4.69, 9.17) is 5.90 Å². The van der Waals surface area contributed by atoms with E-state index < -0.39 is 10.1 Å². The van der Waals surface area contributed by atoms with Crippen molar-refractivity contribution in [2.24, 2.45) is 5.90 Å². The standard InChI is InChI=1S/C13H13NO3S/c14-17-18(15,16)10-12-8-4-5-9-13(12)11-6-2-1-3-7-11/h1-9H,10,14H2. The quantitative estimate of drug-likeness (QED) is 0.857. The maximum Gasteiger partial charge on any atom is 0.287 e. The van der Waals surface area contributed by atoms with Crippen molar-refractivity contribution < 1.29 is 12.7 Å². The highest BCUT2D eigenvalue weighted by Gasteiger charge is 2.14. The third-order valence-electron chi connectivity index (χ3n) is 2.58. The van der Waals surface area contributed by atoms with Gasteiger partial charge >= 0.3 is 0 Å². The molecule has 0 atom stereocenters. The van der Waals surface area contributed by atoms with E-state index in [9.17, 15) is 8.42 Å². The van der Waals surface area contributed by atoms with Crippen LogP contribution >= 0.6 is 0 Å². The van der Waals surface area contributed by atoms with Gasteiger partial charge in [0.15, 0.2) is 0 Å². The van der Waals surface area contributed by atoms with Gasteiger partial charge in [-0.1, -0.05) is 54.6 Å². The Hall–Kier alpha value is -1.69. The van der Waals surface area contributed by atoms with Crippen molar-refractivity contribution in [2.45, 2.75) is 5.75 Å². The van der Waals surface area contributed by atoms with Crippen LogP contribution in [0.3, 0.4) is 0 Å². The van der Waals surface area contributed by atoms with Gasteiger partial charge in [-0.25, -0.2) is 0 Å². The molecule has 0 aliphatic carbocycles. The van der Waals surface area contributed by atoms with Crippen molar-refractivity contribution in [1.29, 1.82) is 0 Å². The van der Waals surface area contributed by atoms with Crippen LogP contribution in [0.4, 0.5) is 0 Å². The zero-order chi connectivity index (χ0) is 13.0. The molecule has 0 unspecified atom stereocenters. The van der Waals surface area contributed by atoms with Crippen LogP contribution in [0.2, 0.25) is 0 Å². The maximum atomic E-state index is 11.4. The Kier molecular flexibility index (Phi) is 3.76. The molecule has 18 heavy (non-hydrogen) atoms. The summed E-state index contributed by atoms with van der Waals surface area (Å²) in [7, 11) is -3.73. The highest BCUT2D eigenvalue weighted by molar-refractivity contribution is 7.85. The van der Waals surface area contributed by atoms with E-state index in [1.165, 1.54) is 0 Å². The van der Waals surface area contributed by atoms with Gasteiger partial charge in [0, 0.05) is 0 Å². The fourth-order valence-electron chi connectivity index (χ4n) is 1.77. The Morgan fingerprint density at radius 2 is 1.56 bits per heavy atom. The zero-order valence-corrected chi connectivity index (χ0v) is 10.4. The first-order chi connectivity index (χ1) is 8.62. The van der Waals surface area contributed by atoms with Crippen LogP contribution in [0.1, 0.15) is 5.56 Å². The van der Waals surface area contributed by atoms with Crippen LogP contribution in [0, 0.1) is 0 Å². The van der Waals surface area contributed by atoms with Crippen molar-refractivity contribution >= 4 is 10.1 Å². The summed E-state index contributed by atoms with van der Waals surface area (Å²) in [5, 5.41) is 0. The van der Waals surface area contributed by atoms with E-state index in [0.29, 0.717) is 5.56 Å². The highest BCUT2D eigenvalue weighted by Crippen LogP contribution is 2.24. The van der Waals surface area contributed by atoms with Crippen LogP contribution in [0.25, 0.3) is 11.1 Å². The fourth-order valence-corrected chi connectivity index (χ4v) is 2.47. The van der Waals surface area contributed by atoms with Crippen molar-refractivity contribution in [3.05, 3.63) is 60.2 Å². The van der Waals surface area contributed by atoms with E-state index in [0.717, 1.165) is 11.1 Å². The van der Waals surface area contributed by atoms with E-state index in [2.05, 4.69) is 4.28 Å². The second kappa shape index (κ2) is 5.30. The normalized spacial score (nSPS) is 11.4. The molecule has 4 nitrogen and oxygen atoms in total. The van der Waals surface area contributed by atoms with E-state index in [1.807, 2.05) is 42.5 Å². The molecular formula is C13H13NO3S. The molecule has 0 aliphatic heterocycles. The molecule has 94 valence electrons. The minimum Gasteiger partial charge on any atom is -0.198 e. The SMILES string of the molecule is NOS(=O)(=O)Cc1ccccc1-c1ccccc1. The maximum absolute atomic E-state index is 11.4. The van der Waals surface area contributed by atoms with Crippen molar-refractivity contribution in [3.8, 4) is 11.1 Å². The van der Waals surface area contributed by atoms with Gasteiger partial charge in [-0.05, 0) is 16.7 Å². The molecular weight excluding hydrogens is 250 g/mol. The number of benzene rings is 2. The number of rotatable bonds is 4. The van der Waals surface area contributed by atoms with E-state index >= 15 is 0 Å². The second-order valence-electron chi connectivity index (χ2n) is 3.82. The molecule has 2 aromatic carbocycles. The number of hydrogen-bond acceptors (Lipinski definition) is 4. The first kappa shape index (κ1) is 12.8. The minimum atomic E-state index is -3.73. The summed E-state index contributed by atoms with van der Waals surface area (Å²) in [5.41, 5.74) is 2.48. The molecule has 2 N–H and O–H groups in total. The number of nitrogens with two attached hydrogens (primary N) is 1. The van der Waals surface area contributed by atoms with Crippen LogP contribution in [0.5, 0.6) is 0 Å². The Bertz CT molecular complexity index is 624. The summed E-state index contributed by atoms with van der Waals surface area (Å²) in [6, 6.07) is 16.8. The molecule has 2 aromatic rings. The molecule has 0 amide bonds. The lowest BCUT2D eigenvalue weighted by atomic mass is 10.0. The predicted octanol–water partition coefficient (Wildman–Crippen LogP) is 2.07. The van der Waals surface area contributed by atoms with E-state index in [-0.39, 0.29) is 5.75 Å². The van der Waals surface area contributed by atoms with Gasteiger partial charge in [-0.2, -0.15) is 18.6 Å². The summed E-state index contributed by atoms with van der Waals surface area (Å²) >= 11 is 0. The molecule has 2 rings (SSSR count). The van der Waals surface area contributed by atoms with Crippen LogP contribution in [-0.2, 0) is 20.2 Å². The first-order valence-electron chi connectivity index (χ1n) is 5.37. The zero-order valence-electron chi connectivity index (χ0n) is 9.61. The molecule has 0 fully saturated rings. The third-order valence-corrected chi connectivity index (χ3v) is 3.54. The van der Waals surface area contributed by atoms with Gasteiger partial charge in [0.2, 0.25) is 0 Å². The van der Waals surface area contributed by atoms with Crippen molar-refractivity contribution in [3.63, 3.8) is 0 Å². The fraction of sp³-hybridized carbons (Fsp3) is 0.0769. The Morgan fingerprint density at radius 3 is 2.22 bits per heavy atom. The lowest BCUT2D eigenvalue weighted by Gasteiger charge is -2.09. The molecule has 0 heterocycles. The molecule has 0 aromatic heterocycles. The first-order valence-corrected chi connectivity index (χ1v) is 6.94. The van der Waals surface area contributed by atoms with Crippen LogP contribution in [-0.4, -0.2) is 8.42 Å². The largest absolute Gasteiger partial charge is 0.287 e. The third kappa shape index (κ3) is 2.95. The van der Waals surface area contributed by atoms with Crippen LogP contribution < -0.4 is 5.90 Å². The smallest absolute Gasteiger partial charge is 0.198 e. The van der Waals surface area contributed by atoms with Gasteiger partial charge in [0.05, 0.1) is 0 Å². The lowest BCUT2D eigenvalue weighted by Crippen LogP contribution is -2.13. The topological polar surface area (TPSA) is 69.4 Å². The molecule has 0 spiro atoms. The molecule has 0 aliphatic rings. The minimum absolute atomic E-state index is 0.242. The van der Waals surface area contributed by atoms with Gasteiger partial charge in [-0.15, -0.1) is 0 Å². The lowest BCUT2D eigenvalue weighted by molar-refractivity contribution is 0.332. The average Bonchev–Trinajstić information content (AvgIpc) is 2.40. The van der Waals surface area contributed by atoms with Gasteiger partial charge in [0.25, 0.3) is 10.1 Å².